The van der Waals surface area contributed by atoms with Gasteiger partial charge in [0.2, 0.25) is 5.91 Å². The van der Waals surface area contributed by atoms with Crippen molar-refractivity contribution in [2.45, 2.75) is 76.7 Å². The molecule has 0 radical (unpaired) electrons. The molecule has 0 heterocycles. The fourth-order valence-electron chi connectivity index (χ4n) is 3.34. The molecule has 2 saturated carbocycles. The summed E-state index contributed by atoms with van der Waals surface area (Å²) in [6.45, 7) is 0.964. The van der Waals surface area contributed by atoms with Crippen molar-refractivity contribution in [1.82, 2.24) is 4.90 Å². The second-order valence-electron chi connectivity index (χ2n) is 6.20. The zero-order valence-corrected chi connectivity index (χ0v) is 13.7. The maximum atomic E-state index is 12.8. The minimum atomic E-state index is 0.330. The zero-order valence-electron chi connectivity index (χ0n) is 12.1. The largest absolute Gasteiger partial charge is 0.339 e. The summed E-state index contributed by atoms with van der Waals surface area (Å²) in [7, 11) is 0. The van der Waals surface area contributed by atoms with E-state index in [0.717, 1.165) is 31.1 Å². The van der Waals surface area contributed by atoms with Crippen LogP contribution < -0.4 is 0 Å². The first-order chi connectivity index (χ1) is 9.33. The van der Waals surface area contributed by atoms with Gasteiger partial charge in [-0.2, -0.15) is 0 Å². The molecule has 0 spiro atoms. The van der Waals surface area contributed by atoms with Crippen LogP contribution in [0, 0.1) is 5.92 Å². The monoisotopic (exact) mass is 329 g/mol. The molecule has 2 fully saturated rings. The van der Waals surface area contributed by atoms with Gasteiger partial charge < -0.3 is 4.90 Å². The first kappa shape index (κ1) is 15.3. The highest BCUT2D eigenvalue weighted by molar-refractivity contribution is 9.09. The van der Waals surface area contributed by atoms with E-state index in [9.17, 15) is 4.79 Å². The summed E-state index contributed by atoms with van der Waals surface area (Å²) < 4.78 is 0. The number of halogens is 1. The van der Waals surface area contributed by atoms with Crippen LogP contribution in [0.15, 0.2) is 0 Å². The molecule has 0 bridgehead atoms. The number of nitrogens with zero attached hydrogens (tertiary/aromatic N) is 1. The number of hydrogen-bond acceptors (Lipinski definition) is 1. The first-order valence-electron chi connectivity index (χ1n) is 8.19. The smallest absolute Gasteiger partial charge is 0.225 e. The van der Waals surface area contributed by atoms with E-state index < -0.39 is 0 Å². The Bertz CT molecular complexity index is 270. The van der Waals surface area contributed by atoms with Crippen LogP contribution in [0.2, 0.25) is 0 Å². The lowest BCUT2D eigenvalue weighted by Crippen LogP contribution is -2.47. The molecule has 0 aromatic heterocycles. The van der Waals surface area contributed by atoms with Gasteiger partial charge in [-0.05, 0) is 38.5 Å². The van der Waals surface area contributed by atoms with Gasteiger partial charge in [-0.1, -0.05) is 48.0 Å². The molecule has 3 heteroatoms. The Labute approximate surface area is 126 Å². The van der Waals surface area contributed by atoms with Crippen molar-refractivity contribution < 1.29 is 4.79 Å². The average Bonchev–Trinajstić information content (AvgIpc) is 2.31. The number of rotatable bonds is 5. The van der Waals surface area contributed by atoms with Crippen molar-refractivity contribution in [1.29, 1.82) is 0 Å². The van der Waals surface area contributed by atoms with Crippen molar-refractivity contribution in [3.05, 3.63) is 0 Å². The standard InChI is InChI=1S/C16H28BrNO/c17-12-7-13-18(15-10-6-11-15)16(19)14-8-4-2-1-3-5-9-14/h14-15H,1-13H2. The third kappa shape index (κ3) is 4.47. The minimum Gasteiger partial charge on any atom is -0.339 e. The fraction of sp³-hybridized carbons (Fsp3) is 0.938. The SMILES string of the molecule is O=C(C1CCCCCCC1)N(CCCBr)C1CCC1. The highest BCUT2D eigenvalue weighted by Crippen LogP contribution is 2.30. The van der Waals surface area contributed by atoms with Crippen molar-refractivity contribution in [3.63, 3.8) is 0 Å². The van der Waals surface area contributed by atoms with Crippen LogP contribution in [0.1, 0.15) is 70.6 Å². The van der Waals surface area contributed by atoms with E-state index in [1.807, 2.05) is 0 Å². The first-order valence-corrected chi connectivity index (χ1v) is 9.31. The second-order valence-corrected chi connectivity index (χ2v) is 6.99. The van der Waals surface area contributed by atoms with E-state index in [4.69, 9.17) is 0 Å². The van der Waals surface area contributed by atoms with E-state index in [0.29, 0.717) is 17.9 Å². The molecule has 0 atom stereocenters. The molecule has 19 heavy (non-hydrogen) atoms. The topological polar surface area (TPSA) is 20.3 Å². The van der Waals surface area contributed by atoms with Crippen LogP contribution in [0.5, 0.6) is 0 Å². The van der Waals surface area contributed by atoms with Gasteiger partial charge in [0.05, 0.1) is 0 Å². The van der Waals surface area contributed by atoms with E-state index in [2.05, 4.69) is 20.8 Å². The number of hydrogen-bond donors (Lipinski definition) is 0. The normalized spacial score (nSPS) is 22.4. The lowest BCUT2D eigenvalue weighted by molar-refractivity contribution is -0.140. The fourth-order valence-corrected chi connectivity index (χ4v) is 3.59. The Morgan fingerprint density at radius 3 is 2.11 bits per heavy atom. The molecule has 2 aliphatic carbocycles. The summed E-state index contributed by atoms with van der Waals surface area (Å²) in [6, 6.07) is 0.567. The summed E-state index contributed by atoms with van der Waals surface area (Å²) in [4.78, 5) is 15.0. The Balaban J connectivity index is 1.91. The van der Waals surface area contributed by atoms with Crippen LogP contribution in [0.25, 0.3) is 0 Å². The summed E-state index contributed by atoms with van der Waals surface area (Å²) in [5.41, 5.74) is 0. The van der Waals surface area contributed by atoms with Crippen LogP contribution in [0.3, 0.4) is 0 Å². The maximum absolute atomic E-state index is 12.8. The molecule has 1 amide bonds. The predicted molar refractivity (Wildman–Crippen MR) is 83.6 cm³/mol. The maximum Gasteiger partial charge on any atom is 0.225 e. The highest BCUT2D eigenvalue weighted by atomic mass is 79.9. The molecule has 2 aliphatic rings. The molecule has 0 aromatic carbocycles. The van der Waals surface area contributed by atoms with Gasteiger partial charge in [0, 0.05) is 23.8 Å². The highest BCUT2D eigenvalue weighted by Gasteiger charge is 2.32. The van der Waals surface area contributed by atoms with Gasteiger partial charge in [0.1, 0.15) is 0 Å². The third-order valence-electron chi connectivity index (χ3n) is 4.79. The quantitative estimate of drug-likeness (QED) is 0.679. The van der Waals surface area contributed by atoms with Crippen LogP contribution in [0.4, 0.5) is 0 Å². The summed E-state index contributed by atoms with van der Waals surface area (Å²) in [5.74, 6) is 0.809. The van der Waals surface area contributed by atoms with Gasteiger partial charge in [0.15, 0.2) is 0 Å². The van der Waals surface area contributed by atoms with Crippen molar-refractivity contribution >= 4 is 21.8 Å². The van der Waals surface area contributed by atoms with Crippen LogP contribution in [-0.4, -0.2) is 28.7 Å². The minimum absolute atomic E-state index is 0.330. The summed E-state index contributed by atoms with van der Waals surface area (Å²) >= 11 is 3.50. The lowest BCUT2D eigenvalue weighted by Gasteiger charge is -2.39. The number of carbonyl (C=O) groups is 1. The van der Waals surface area contributed by atoms with Crippen molar-refractivity contribution in [3.8, 4) is 0 Å². The Hall–Kier alpha value is -0.0500. The molecule has 0 aromatic rings. The second kappa shape index (κ2) is 8.28. The van der Waals surface area contributed by atoms with Crippen LogP contribution in [-0.2, 0) is 4.79 Å². The molecule has 0 saturated heterocycles. The molecule has 110 valence electrons. The van der Waals surface area contributed by atoms with Crippen LogP contribution >= 0.6 is 15.9 Å². The number of alkyl halides is 1. The molecular formula is C16H28BrNO. The van der Waals surface area contributed by atoms with E-state index in [-0.39, 0.29) is 0 Å². The Morgan fingerprint density at radius 2 is 1.58 bits per heavy atom. The van der Waals surface area contributed by atoms with Gasteiger partial charge in [-0.15, -0.1) is 0 Å². The molecule has 0 unspecified atom stereocenters. The average molecular weight is 330 g/mol. The molecular weight excluding hydrogens is 302 g/mol. The van der Waals surface area contributed by atoms with Crippen molar-refractivity contribution in [2.24, 2.45) is 5.92 Å². The lowest BCUT2D eigenvalue weighted by atomic mass is 9.86. The summed E-state index contributed by atoms with van der Waals surface area (Å²) in [6.07, 6.45) is 13.7. The molecule has 0 N–H and O–H groups in total. The van der Waals surface area contributed by atoms with E-state index in [1.165, 1.54) is 51.4 Å². The van der Waals surface area contributed by atoms with Gasteiger partial charge in [-0.3, -0.25) is 4.79 Å². The van der Waals surface area contributed by atoms with Gasteiger partial charge >= 0.3 is 0 Å². The van der Waals surface area contributed by atoms with Gasteiger partial charge in [0.25, 0.3) is 0 Å². The summed E-state index contributed by atoms with van der Waals surface area (Å²) in [5, 5.41) is 1.01. The van der Waals surface area contributed by atoms with Crippen molar-refractivity contribution in [2.75, 3.05) is 11.9 Å². The van der Waals surface area contributed by atoms with E-state index >= 15 is 0 Å². The molecule has 0 aliphatic heterocycles. The number of amides is 1. The molecule has 2 nitrogen and oxygen atoms in total. The van der Waals surface area contributed by atoms with E-state index in [1.54, 1.807) is 0 Å². The zero-order chi connectivity index (χ0) is 13.5. The predicted octanol–water partition coefficient (Wildman–Crippen LogP) is 4.51. The molecule has 2 rings (SSSR count). The Kier molecular flexibility index (Phi) is 6.69. The Morgan fingerprint density at radius 1 is 0.947 bits per heavy atom. The third-order valence-corrected chi connectivity index (χ3v) is 5.35. The van der Waals surface area contributed by atoms with Gasteiger partial charge in [-0.25, -0.2) is 0 Å². The number of carbonyl (C=O) groups excluding carboxylic acids is 1.